The first kappa shape index (κ1) is 10.4. The first-order valence-electron chi connectivity index (χ1n) is 4.62. The smallest absolute Gasteiger partial charge is 0.159 e. The van der Waals surface area contributed by atoms with Gasteiger partial charge in [-0.3, -0.25) is 4.79 Å². The van der Waals surface area contributed by atoms with Gasteiger partial charge in [-0.05, 0) is 18.6 Å². The van der Waals surface area contributed by atoms with Crippen LogP contribution in [0.4, 0.5) is 5.82 Å². The van der Waals surface area contributed by atoms with Gasteiger partial charge in [0.25, 0.3) is 0 Å². The number of nitrogen functional groups attached to an aromatic ring is 1. The molecule has 1 aromatic heterocycles. The first-order valence-corrected chi connectivity index (χ1v) is 4.62. The Morgan fingerprint density at radius 1 is 1.64 bits per heavy atom. The molecule has 2 N–H and O–H groups in total. The molecule has 1 heterocycles. The number of hydrogen-bond acceptors (Lipinski definition) is 3. The summed E-state index contributed by atoms with van der Waals surface area (Å²) < 4.78 is 0. The molecule has 0 aliphatic rings. The van der Waals surface area contributed by atoms with Gasteiger partial charge in [0.1, 0.15) is 5.82 Å². The van der Waals surface area contributed by atoms with Gasteiger partial charge in [0.05, 0.1) is 0 Å². The van der Waals surface area contributed by atoms with Crippen LogP contribution in [0.2, 0.25) is 0 Å². The van der Waals surface area contributed by atoms with Crippen LogP contribution in [0, 0.1) is 0 Å². The Hall–Kier alpha value is -1.64. The highest BCUT2D eigenvalue weighted by Crippen LogP contribution is 2.08. The molecule has 0 aliphatic heterocycles. The summed E-state index contributed by atoms with van der Waals surface area (Å²) in [5.41, 5.74) is 6.40. The minimum atomic E-state index is 0.0616. The third-order valence-corrected chi connectivity index (χ3v) is 1.83. The molecule has 0 atom stereocenters. The van der Waals surface area contributed by atoms with Gasteiger partial charge in [-0.1, -0.05) is 19.1 Å². The van der Waals surface area contributed by atoms with Crippen molar-refractivity contribution in [2.24, 2.45) is 0 Å². The number of pyridine rings is 1. The summed E-state index contributed by atoms with van der Waals surface area (Å²) in [7, 11) is 0. The third-order valence-electron chi connectivity index (χ3n) is 1.83. The van der Waals surface area contributed by atoms with Gasteiger partial charge in [-0.15, -0.1) is 0 Å². The van der Waals surface area contributed by atoms with Crippen LogP contribution in [-0.2, 0) is 11.2 Å². The van der Waals surface area contributed by atoms with Crippen LogP contribution >= 0.6 is 0 Å². The molecule has 0 radical (unpaired) electrons. The number of ketones is 1. The SMILES string of the molecule is CC/C=C/C(=O)Cc1cccnc1N. The maximum atomic E-state index is 11.4. The highest BCUT2D eigenvalue weighted by molar-refractivity contribution is 5.91. The molecule has 0 amide bonds. The van der Waals surface area contributed by atoms with E-state index in [-0.39, 0.29) is 5.78 Å². The second-order valence-corrected chi connectivity index (χ2v) is 3.00. The van der Waals surface area contributed by atoms with Gasteiger partial charge < -0.3 is 5.73 Å². The largest absolute Gasteiger partial charge is 0.383 e. The van der Waals surface area contributed by atoms with Crippen LogP contribution in [0.1, 0.15) is 18.9 Å². The van der Waals surface area contributed by atoms with Crippen LogP contribution in [0.3, 0.4) is 0 Å². The number of nitrogens with zero attached hydrogens (tertiary/aromatic N) is 1. The average Bonchev–Trinajstić information content (AvgIpc) is 2.18. The van der Waals surface area contributed by atoms with Gasteiger partial charge in [-0.25, -0.2) is 4.98 Å². The zero-order chi connectivity index (χ0) is 10.4. The van der Waals surface area contributed by atoms with Crippen molar-refractivity contribution >= 4 is 11.6 Å². The molecule has 14 heavy (non-hydrogen) atoms. The molecule has 3 nitrogen and oxygen atoms in total. The van der Waals surface area contributed by atoms with E-state index in [0.717, 1.165) is 12.0 Å². The molecule has 0 fully saturated rings. The standard InChI is InChI=1S/C11H14N2O/c1-2-3-6-10(14)8-9-5-4-7-13-11(9)12/h3-7H,2,8H2,1H3,(H2,12,13)/b6-3+. The predicted molar refractivity (Wildman–Crippen MR) is 56.8 cm³/mol. The van der Waals surface area contributed by atoms with Crippen molar-refractivity contribution in [2.75, 3.05) is 5.73 Å². The summed E-state index contributed by atoms with van der Waals surface area (Å²) in [6.07, 6.45) is 6.25. The van der Waals surface area contributed by atoms with Crippen molar-refractivity contribution < 1.29 is 4.79 Å². The third kappa shape index (κ3) is 3.01. The van der Waals surface area contributed by atoms with Crippen LogP contribution in [0.25, 0.3) is 0 Å². The number of carbonyl (C=O) groups is 1. The number of rotatable bonds is 4. The lowest BCUT2D eigenvalue weighted by Crippen LogP contribution is -2.03. The number of aromatic nitrogens is 1. The van der Waals surface area contributed by atoms with E-state index in [1.54, 1.807) is 18.3 Å². The van der Waals surface area contributed by atoms with Crippen molar-refractivity contribution in [3.63, 3.8) is 0 Å². The quantitative estimate of drug-likeness (QED) is 0.736. The number of carbonyl (C=O) groups excluding carboxylic acids is 1. The highest BCUT2D eigenvalue weighted by atomic mass is 16.1. The van der Waals surface area contributed by atoms with Crippen LogP contribution in [-0.4, -0.2) is 10.8 Å². The van der Waals surface area contributed by atoms with Crippen LogP contribution in [0.5, 0.6) is 0 Å². The lowest BCUT2D eigenvalue weighted by atomic mass is 10.1. The zero-order valence-electron chi connectivity index (χ0n) is 8.23. The second-order valence-electron chi connectivity index (χ2n) is 3.00. The predicted octanol–water partition coefficient (Wildman–Crippen LogP) is 1.74. The summed E-state index contributed by atoms with van der Waals surface area (Å²) in [5.74, 6) is 0.497. The number of anilines is 1. The Morgan fingerprint density at radius 3 is 3.07 bits per heavy atom. The molecule has 1 rings (SSSR count). The van der Waals surface area contributed by atoms with Gasteiger partial charge in [0, 0.05) is 18.2 Å². The molecule has 3 heteroatoms. The van der Waals surface area contributed by atoms with E-state index in [0.29, 0.717) is 12.2 Å². The Labute approximate surface area is 83.7 Å². The molecule has 74 valence electrons. The minimum absolute atomic E-state index is 0.0616. The molecule has 0 saturated carbocycles. The second kappa shape index (κ2) is 5.17. The normalized spacial score (nSPS) is 10.6. The molecule has 0 aliphatic carbocycles. The van der Waals surface area contributed by atoms with E-state index in [4.69, 9.17) is 5.73 Å². The summed E-state index contributed by atoms with van der Waals surface area (Å²) in [6, 6.07) is 3.60. The Morgan fingerprint density at radius 2 is 2.43 bits per heavy atom. The van der Waals surface area contributed by atoms with E-state index >= 15 is 0 Å². The van der Waals surface area contributed by atoms with E-state index in [1.807, 2.05) is 19.1 Å². The summed E-state index contributed by atoms with van der Waals surface area (Å²) >= 11 is 0. The van der Waals surface area contributed by atoms with Gasteiger partial charge >= 0.3 is 0 Å². The van der Waals surface area contributed by atoms with Gasteiger partial charge in [0.15, 0.2) is 5.78 Å². The summed E-state index contributed by atoms with van der Waals surface area (Å²) in [4.78, 5) is 15.3. The topological polar surface area (TPSA) is 56.0 Å². The average molecular weight is 190 g/mol. The van der Waals surface area contributed by atoms with E-state index in [9.17, 15) is 4.79 Å². The molecule has 0 saturated heterocycles. The Balaban J connectivity index is 2.65. The van der Waals surface area contributed by atoms with Gasteiger partial charge in [-0.2, -0.15) is 0 Å². The van der Waals surface area contributed by atoms with Crippen LogP contribution in [0.15, 0.2) is 30.5 Å². The Bertz CT molecular complexity index is 345. The molecule has 0 bridgehead atoms. The van der Waals surface area contributed by atoms with E-state index in [2.05, 4.69) is 4.98 Å². The van der Waals surface area contributed by atoms with Crippen molar-refractivity contribution in [2.45, 2.75) is 19.8 Å². The maximum Gasteiger partial charge on any atom is 0.159 e. The van der Waals surface area contributed by atoms with Crippen molar-refractivity contribution in [3.8, 4) is 0 Å². The van der Waals surface area contributed by atoms with E-state index < -0.39 is 0 Å². The van der Waals surface area contributed by atoms with E-state index in [1.165, 1.54) is 0 Å². The molecule has 0 spiro atoms. The monoisotopic (exact) mass is 190 g/mol. The molecular formula is C11H14N2O. The summed E-state index contributed by atoms with van der Waals surface area (Å²) in [6.45, 7) is 1.99. The first-order chi connectivity index (χ1) is 6.74. The molecule has 1 aromatic rings. The number of hydrogen-bond donors (Lipinski definition) is 1. The van der Waals surface area contributed by atoms with Crippen molar-refractivity contribution in [1.29, 1.82) is 0 Å². The Kier molecular flexibility index (Phi) is 3.85. The minimum Gasteiger partial charge on any atom is -0.383 e. The molecule has 0 unspecified atom stereocenters. The molecular weight excluding hydrogens is 176 g/mol. The maximum absolute atomic E-state index is 11.4. The fourth-order valence-electron chi connectivity index (χ4n) is 1.10. The lowest BCUT2D eigenvalue weighted by molar-refractivity contribution is -0.114. The summed E-state index contributed by atoms with van der Waals surface area (Å²) in [5, 5.41) is 0. The van der Waals surface area contributed by atoms with Crippen molar-refractivity contribution in [1.82, 2.24) is 4.98 Å². The highest BCUT2D eigenvalue weighted by Gasteiger charge is 2.03. The van der Waals surface area contributed by atoms with Crippen molar-refractivity contribution in [3.05, 3.63) is 36.0 Å². The fraction of sp³-hybridized carbons (Fsp3) is 0.273. The lowest BCUT2D eigenvalue weighted by Gasteiger charge is -2.00. The zero-order valence-corrected chi connectivity index (χ0v) is 8.23. The van der Waals surface area contributed by atoms with Crippen LogP contribution < -0.4 is 5.73 Å². The number of nitrogens with two attached hydrogens (primary N) is 1. The number of allylic oxidation sites excluding steroid dienone is 2. The molecule has 0 aromatic carbocycles. The fourth-order valence-corrected chi connectivity index (χ4v) is 1.10. The van der Waals surface area contributed by atoms with Gasteiger partial charge in [0.2, 0.25) is 0 Å².